The second-order valence-electron chi connectivity index (χ2n) is 8.31. The molecule has 0 aliphatic carbocycles. The molecule has 0 saturated carbocycles. The molecule has 0 radical (unpaired) electrons. The lowest BCUT2D eigenvalue weighted by molar-refractivity contribution is 0.369. The molecule has 2 aromatic carbocycles. The van der Waals surface area contributed by atoms with Crippen molar-refractivity contribution in [3.8, 4) is 5.95 Å². The molecule has 1 fully saturated rings. The fourth-order valence-electron chi connectivity index (χ4n) is 4.43. The fourth-order valence-corrected chi connectivity index (χ4v) is 4.43. The number of aromatic amines is 2. The van der Waals surface area contributed by atoms with Crippen molar-refractivity contribution >= 4 is 11.0 Å². The van der Waals surface area contributed by atoms with Crippen LogP contribution in [-0.2, 0) is 19.3 Å². The molecule has 3 N–H and O–H groups in total. The van der Waals surface area contributed by atoms with E-state index in [1.807, 2.05) is 24.3 Å². The zero-order chi connectivity index (χ0) is 21.2. The molecule has 160 valence electrons. The zero-order valence-corrected chi connectivity index (χ0v) is 17.3. The molecular weight excluding hydrogens is 393 g/mol. The molecule has 7 heteroatoms. The number of hydrogen-bond donors (Lipinski definition) is 3. The van der Waals surface area contributed by atoms with E-state index in [2.05, 4.69) is 20.4 Å². The Kier molecular flexibility index (Phi) is 5.42. The highest BCUT2D eigenvalue weighted by Crippen LogP contribution is 2.20. The van der Waals surface area contributed by atoms with Crippen LogP contribution in [0.5, 0.6) is 0 Å². The van der Waals surface area contributed by atoms with Gasteiger partial charge in [-0.3, -0.25) is 9.89 Å². The van der Waals surface area contributed by atoms with Gasteiger partial charge in [0, 0.05) is 11.3 Å². The van der Waals surface area contributed by atoms with Crippen LogP contribution in [-0.4, -0.2) is 32.8 Å². The number of aromatic nitrogens is 4. The van der Waals surface area contributed by atoms with Crippen molar-refractivity contribution in [1.29, 1.82) is 0 Å². The van der Waals surface area contributed by atoms with Gasteiger partial charge in [-0.25, -0.2) is 9.37 Å². The predicted octanol–water partition coefficient (Wildman–Crippen LogP) is 3.51. The number of aryl methyl sites for hydroxylation is 1. The van der Waals surface area contributed by atoms with Gasteiger partial charge in [-0.05, 0) is 80.9 Å². The van der Waals surface area contributed by atoms with Crippen molar-refractivity contribution in [2.24, 2.45) is 5.92 Å². The van der Waals surface area contributed by atoms with Gasteiger partial charge in [0.1, 0.15) is 5.82 Å². The normalized spacial score (nSPS) is 15.0. The second-order valence-corrected chi connectivity index (χ2v) is 8.31. The van der Waals surface area contributed by atoms with E-state index in [9.17, 15) is 9.18 Å². The standard InChI is InChI=1S/C24H26FN5O/c25-18-8-5-16(6-9-18)7-10-19-22(15-17-11-13-26-14-12-17)29-30(23(19)31)24-27-20-3-1-2-4-21(20)28-24/h1-6,8-9,17,26,29H,7,10-15H2,(H,27,28). The summed E-state index contributed by atoms with van der Waals surface area (Å²) in [6.07, 6.45) is 4.36. The number of fused-ring (bicyclic) bond motifs is 1. The number of imidazole rings is 1. The van der Waals surface area contributed by atoms with Gasteiger partial charge in [0.15, 0.2) is 0 Å². The molecule has 0 bridgehead atoms. The number of rotatable bonds is 6. The molecule has 2 aromatic heterocycles. The summed E-state index contributed by atoms with van der Waals surface area (Å²) in [5.74, 6) is 0.808. The van der Waals surface area contributed by atoms with Gasteiger partial charge in [-0.15, -0.1) is 0 Å². The Labute approximate surface area is 179 Å². The SMILES string of the molecule is O=c1c(CCc2ccc(F)cc2)c(CC2CCNCC2)[nH]n1-c1nc2ccccc2[nH]1. The zero-order valence-electron chi connectivity index (χ0n) is 17.3. The van der Waals surface area contributed by atoms with Crippen molar-refractivity contribution in [3.05, 3.63) is 81.5 Å². The van der Waals surface area contributed by atoms with E-state index in [4.69, 9.17) is 0 Å². The lowest BCUT2D eigenvalue weighted by Crippen LogP contribution is -2.29. The number of H-pyrrole nitrogens is 2. The summed E-state index contributed by atoms with van der Waals surface area (Å²) in [6.45, 7) is 2.04. The molecule has 4 aromatic rings. The van der Waals surface area contributed by atoms with Crippen LogP contribution in [0.3, 0.4) is 0 Å². The van der Waals surface area contributed by atoms with Crippen molar-refractivity contribution < 1.29 is 4.39 Å². The average molecular weight is 420 g/mol. The van der Waals surface area contributed by atoms with E-state index >= 15 is 0 Å². The van der Waals surface area contributed by atoms with Gasteiger partial charge in [-0.2, -0.15) is 4.68 Å². The molecule has 0 spiro atoms. The highest BCUT2D eigenvalue weighted by atomic mass is 19.1. The summed E-state index contributed by atoms with van der Waals surface area (Å²) in [4.78, 5) is 21.2. The van der Waals surface area contributed by atoms with Crippen LogP contribution >= 0.6 is 0 Å². The van der Waals surface area contributed by atoms with Gasteiger partial charge < -0.3 is 10.3 Å². The third-order valence-corrected chi connectivity index (χ3v) is 6.19. The van der Waals surface area contributed by atoms with Gasteiger partial charge in [0.05, 0.1) is 11.0 Å². The Morgan fingerprint density at radius 1 is 1.03 bits per heavy atom. The Morgan fingerprint density at radius 2 is 1.81 bits per heavy atom. The van der Waals surface area contributed by atoms with Crippen LogP contribution in [0.15, 0.2) is 53.3 Å². The first kappa shape index (κ1) is 19.8. The third kappa shape index (κ3) is 4.18. The maximum Gasteiger partial charge on any atom is 0.277 e. The van der Waals surface area contributed by atoms with Gasteiger partial charge in [0.25, 0.3) is 5.56 Å². The molecule has 1 saturated heterocycles. The highest BCUT2D eigenvalue weighted by Gasteiger charge is 2.21. The van der Waals surface area contributed by atoms with Gasteiger partial charge >= 0.3 is 0 Å². The fraction of sp³-hybridized carbons (Fsp3) is 0.333. The van der Waals surface area contributed by atoms with Crippen LogP contribution in [0.2, 0.25) is 0 Å². The number of piperidine rings is 1. The van der Waals surface area contributed by atoms with E-state index in [-0.39, 0.29) is 11.4 Å². The Hall–Kier alpha value is -3.19. The molecule has 5 rings (SSSR count). The molecular formula is C24H26FN5O. The summed E-state index contributed by atoms with van der Waals surface area (Å²) in [7, 11) is 0. The number of benzene rings is 2. The molecule has 1 aliphatic rings. The molecule has 0 unspecified atom stereocenters. The number of nitrogens with one attached hydrogen (secondary N) is 3. The maximum atomic E-state index is 13.4. The van der Waals surface area contributed by atoms with E-state index in [1.165, 1.54) is 16.8 Å². The molecule has 6 nitrogen and oxygen atoms in total. The summed E-state index contributed by atoms with van der Waals surface area (Å²) < 4.78 is 14.8. The largest absolute Gasteiger partial charge is 0.322 e. The van der Waals surface area contributed by atoms with Crippen LogP contribution < -0.4 is 10.9 Å². The lowest BCUT2D eigenvalue weighted by atomic mass is 9.91. The average Bonchev–Trinajstić information content (AvgIpc) is 3.35. The topological polar surface area (TPSA) is 78.5 Å². The second kappa shape index (κ2) is 8.51. The monoisotopic (exact) mass is 419 g/mol. The van der Waals surface area contributed by atoms with E-state index < -0.39 is 0 Å². The van der Waals surface area contributed by atoms with Crippen molar-refractivity contribution in [1.82, 2.24) is 25.1 Å². The van der Waals surface area contributed by atoms with Gasteiger partial charge in [0.2, 0.25) is 5.95 Å². The van der Waals surface area contributed by atoms with Crippen molar-refractivity contribution in [3.63, 3.8) is 0 Å². The number of halogens is 1. The molecule has 0 amide bonds. The van der Waals surface area contributed by atoms with E-state index in [0.29, 0.717) is 24.7 Å². The molecule has 1 aliphatic heterocycles. The minimum Gasteiger partial charge on any atom is -0.322 e. The van der Waals surface area contributed by atoms with E-state index in [0.717, 1.165) is 60.2 Å². The van der Waals surface area contributed by atoms with Crippen LogP contribution in [0.25, 0.3) is 17.0 Å². The third-order valence-electron chi connectivity index (χ3n) is 6.19. The first-order valence-electron chi connectivity index (χ1n) is 10.9. The number of hydrogen-bond acceptors (Lipinski definition) is 3. The summed E-state index contributed by atoms with van der Waals surface area (Å²) in [5.41, 5.74) is 4.46. The number of para-hydroxylation sites is 2. The van der Waals surface area contributed by atoms with Crippen LogP contribution in [0.1, 0.15) is 29.7 Å². The smallest absolute Gasteiger partial charge is 0.277 e. The van der Waals surface area contributed by atoms with Crippen LogP contribution in [0.4, 0.5) is 4.39 Å². The first-order valence-corrected chi connectivity index (χ1v) is 10.9. The highest BCUT2D eigenvalue weighted by molar-refractivity contribution is 5.75. The minimum absolute atomic E-state index is 0.0647. The Morgan fingerprint density at radius 3 is 2.58 bits per heavy atom. The first-order chi connectivity index (χ1) is 15.2. The Balaban J connectivity index is 1.48. The number of nitrogens with zero attached hydrogens (tertiary/aromatic N) is 2. The molecule has 0 atom stereocenters. The van der Waals surface area contributed by atoms with Crippen LogP contribution in [0, 0.1) is 11.7 Å². The lowest BCUT2D eigenvalue weighted by Gasteiger charge is -2.22. The quantitative estimate of drug-likeness (QED) is 0.448. The van der Waals surface area contributed by atoms with Gasteiger partial charge in [-0.1, -0.05) is 24.3 Å². The van der Waals surface area contributed by atoms with Crippen molar-refractivity contribution in [2.45, 2.75) is 32.1 Å². The maximum absolute atomic E-state index is 13.4. The molecule has 31 heavy (non-hydrogen) atoms. The van der Waals surface area contributed by atoms with E-state index in [1.54, 1.807) is 12.1 Å². The molecule has 3 heterocycles. The van der Waals surface area contributed by atoms with Crippen molar-refractivity contribution in [2.75, 3.05) is 13.1 Å². The summed E-state index contributed by atoms with van der Waals surface area (Å²) >= 11 is 0. The minimum atomic E-state index is -0.246. The summed E-state index contributed by atoms with van der Waals surface area (Å²) in [6, 6.07) is 14.3. The Bertz CT molecular complexity index is 1200. The predicted molar refractivity (Wildman–Crippen MR) is 119 cm³/mol. The summed E-state index contributed by atoms with van der Waals surface area (Å²) in [5, 5.41) is 6.75.